The Hall–Kier alpha value is -2.66. The van der Waals surface area contributed by atoms with Crippen LogP contribution in [0.4, 0.5) is 16.2 Å². The quantitative estimate of drug-likeness (QED) is 0.908. The van der Waals surface area contributed by atoms with Crippen LogP contribution in [0.2, 0.25) is 0 Å². The molecule has 1 aliphatic heterocycles. The maximum absolute atomic E-state index is 11.9. The molecule has 124 valence electrons. The van der Waals surface area contributed by atoms with Crippen LogP contribution in [0, 0.1) is 6.92 Å². The number of rotatable bonds is 4. The van der Waals surface area contributed by atoms with Gasteiger partial charge >= 0.3 is 6.09 Å². The first kappa shape index (κ1) is 16.2. The molecule has 5 heteroatoms. The molecule has 0 bridgehead atoms. The van der Waals surface area contributed by atoms with E-state index < -0.39 is 6.09 Å². The summed E-state index contributed by atoms with van der Waals surface area (Å²) in [7, 11) is 1.89. The second-order valence-electron chi connectivity index (χ2n) is 5.96. The fraction of sp³-hybridized carbons (Fsp3) is 0.263. The predicted octanol–water partition coefficient (Wildman–Crippen LogP) is 2.51. The van der Waals surface area contributed by atoms with Crippen molar-refractivity contribution in [3.8, 4) is 0 Å². The van der Waals surface area contributed by atoms with Crippen LogP contribution in [0.5, 0.6) is 0 Å². The van der Waals surface area contributed by atoms with Crippen molar-refractivity contribution in [2.24, 2.45) is 4.99 Å². The molecular formula is C19H21N3O2. The Balaban J connectivity index is 2.10. The van der Waals surface area contributed by atoms with Gasteiger partial charge in [0.05, 0.1) is 23.3 Å². The lowest BCUT2D eigenvalue weighted by Gasteiger charge is -2.22. The molecular weight excluding hydrogens is 302 g/mol. The summed E-state index contributed by atoms with van der Waals surface area (Å²) in [6.07, 6.45) is 1.000. The third-order valence-corrected chi connectivity index (χ3v) is 4.45. The van der Waals surface area contributed by atoms with Gasteiger partial charge in [0.15, 0.2) is 0 Å². The number of fused-ring (bicyclic) bond motifs is 1. The minimum atomic E-state index is -1.00. The molecule has 0 radical (unpaired) electrons. The number of carboxylic acid groups (broad SMARTS) is 1. The smallest absolute Gasteiger partial charge is 0.416 e. The van der Waals surface area contributed by atoms with E-state index in [1.807, 2.05) is 50.4 Å². The van der Waals surface area contributed by atoms with E-state index in [0.29, 0.717) is 17.9 Å². The Morgan fingerprint density at radius 3 is 2.67 bits per heavy atom. The molecule has 0 aromatic heterocycles. The second-order valence-corrected chi connectivity index (χ2v) is 5.96. The van der Waals surface area contributed by atoms with Crippen LogP contribution in [-0.2, 0) is 0 Å². The highest BCUT2D eigenvalue weighted by molar-refractivity contribution is 5.94. The first-order valence-corrected chi connectivity index (χ1v) is 7.97. The minimum absolute atomic E-state index is 0.146. The molecule has 0 saturated heterocycles. The first-order valence-electron chi connectivity index (χ1n) is 7.97. The van der Waals surface area contributed by atoms with Gasteiger partial charge < -0.3 is 10.4 Å². The van der Waals surface area contributed by atoms with Crippen molar-refractivity contribution in [1.29, 1.82) is 0 Å². The van der Waals surface area contributed by atoms with Crippen LogP contribution in [-0.4, -0.2) is 24.8 Å². The zero-order valence-electron chi connectivity index (χ0n) is 14.1. The Morgan fingerprint density at radius 2 is 1.96 bits per heavy atom. The fourth-order valence-electron chi connectivity index (χ4n) is 2.99. The van der Waals surface area contributed by atoms with Crippen molar-refractivity contribution < 1.29 is 9.90 Å². The summed E-state index contributed by atoms with van der Waals surface area (Å²) in [4.78, 5) is 17.6. The minimum Gasteiger partial charge on any atom is -0.464 e. The maximum atomic E-state index is 11.9. The number of carbonyl (C=O) groups is 1. The van der Waals surface area contributed by atoms with E-state index in [0.717, 1.165) is 21.7 Å². The van der Waals surface area contributed by atoms with Gasteiger partial charge in [-0.2, -0.15) is 0 Å². The normalized spacial score (nSPS) is 13.6. The van der Waals surface area contributed by atoms with Crippen LogP contribution in [0.15, 0.2) is 41.4 Å². The summed E-state index contributed by atoms with van der Waals surface area (Å²) in [6, 6.07) is 11.4. The maximum Gasteiger partial charge on any atom is 0.416 e. The summed E-state index contributed by atoms with van der Waals surface area (Å²) >= 11 is 0. The lowest BCUT2D eigenvalue weighted by Crippen LogP contribution is -2.28. The molecule has 24 heavy (non-hydrogen) atoms. The van der Waals surface area contributed by atoms with Crippen molar-refractivity contribution in [3.05, 3.63) is 58.1 Å². The largest absolute Gasteiger partial charge is 0.464 e. The molecule has 1 atom stereocenters. The Kier molecular flexibility index (Phi) is 4.36. The third-order valence-electron chi connectivity index (χ3n) is 4.45. The molecule has 0 fully saturated rings. The highest BCUT2D eigenvalue weighted by Crippen LogP contribution is 2.29. The molecule has 3 rings (SSSR count). The average Bonchev–Trinajstić information content (AvgIpc) is 3.03. The number of nitrogens with zero attached hydrogens (tertiary/aromatic N) is 2. The molecule has 0 spiro atoms. The van der Waals surface area contributed by atoms with Crippen LogP contribution in [0.1, 0.15) is 24.1 Å². The summed E-state index contributed by atoms with van der Waals surface area (Å²) in [5.74, 6) is 0. The van der Waals surface area contributed by atoms with Gasteiger partial charge in [0.25, 0.3) is 0 Å². The second kappa shape index (κ2) is 6.45. The van der Waals surface area contributed by atoms with E-state index in [2.05, 4.69) is 17.2 Å². The molecule has 1 heterocycles. The molecule has 1 aliphatic rings. The number of amides is 1. The number of nitrogens with one attached hydrogen (secondary N) is 1. The van der Waals surface area contributed by atoms with Crippen LogP contribution >= 0.6 is 0 Å². The number of aryl methyl sites for hydroxylation is 1. The molecule has 5 nitrogen and oxygen atoms in total. The molecule has 0 aliphatic carbocycles. The Labute approximate surface area is 141 Å². The van der Waals surface area contributed by atoms with Gasteiger partial charge in [-0.05, 0) is 67.6 Å². The van der Waals surface area contributed by atoms with Gasteiger partial charge in [0, 0.05) is 6.04 Å². The van der Waals surface area contributed by atoms with Crippen LogP contribution < -0.4 is 20.8 Å². The zero-order valence-corrected chi connectivity index (χ0v) is 14.1. The van der Waals surface area contributed by atoms with Crippen molar-refractivity contribution in [1.82, 2.24) is 5.32 Å². The van der Waals surface area contributed by atoms with Gasteiger partial charge in [-0.3, -0.25) is 4.99 Å². The van der Waals surface area contributed by atoms with E-state index in [1.54, 1.807) is 6.07 Å². The van der Waals surface area contributed by atoms with Gasteiger partial charge in [-0.1, -0.05) is 12.1 Å². The van der Waals surface area contributed by atoms with Gasteiger partial charge in [0.2, 0.25) is 0 Å². The molecule has 1 amide bonds. The molecule has 0 saturated carbocycles. The number of hydrogen-bond donors (Lipinski definition) is 2. The first-order chi connectivity index (χ1) is 11.5. The number of anilines is 2. The summed E-state index contributed by atoms with van der Waals surface area (Å²) in [6.45, 7) is 4.74. The van der Waals surface area contributed by atoms with E-state index in [1.165, 1.54) is 4.90 Å². The van der Waals surface area contributed by atoms with Crippen LogP contribution in [0.25, 0.3) is 6.08 Å². The van der Waals surface area contributed by atoms with Crippen molar-refractivity contribution in [2.45, 2.75) is 19.9 Å². The standard InChI is InChI=1S/C19H21N3O2/c1-12-4-5-16(11-17(12)13(2)20-3)22(19(23)24)15-6-7-18-14(10-15)8-9-21-18/h4-8,10-11,13,20H,9H2,1-3H3,(H,23,24). The summed E-state index contributed by atoms with van der Waals surface area (Å²) < 4.78 is 0. The highest BCUT2D eigenvalue weighted by atomic mass is 16.4. The molecule has 2 aromatic carbocycles. The SMILES string of the molecule is CNC(C)c1cc(N(C(=O)O)c2ccc3c(c2)=CCN=3)ccc1C. The highest BCUT2D eigenvalue weighted by Gasteiger charge is 2.19. The van der Waals surface area contributed by atoms with Gasteiger partial charge in [-0.15, -0.1) is 0 Å². The third kappa shape index (κ3) is 2.90. The van der Waals surface area contributed by atoms with Gasteiger partial charge in [-0.25, -0.2) is 9.69 Å². The van der Waals surface area contributed by atoms with Crippen molar-refractivity contribution >= 4 is 23.5 Å². The topological polar surface area (TPSA) is 64.9 Å². The Bertz CT molecular complexity index is 905. The fourth-order valence-corrected chi connectivity index (χ4v) is 2.99. The van der Waals surface area contributed by atoms with E-state index in [4.69, 9.17) is 0 Å². The summed E-state index contributed by atoms with van der Waals surface area (Å²) in [5.41, 5.74) is 3.48. The lowest BCUT2D eigenvalue weighted by atomic mass is 10.0. The van der Waals surface area contributed by atoms with E-state index in [-0.39, 0.29) is 6.04 Å². The molecule has 2 aromatic rings. The number of benzene rings is 2. The zero-order chi connectivity index (χ0) is 17.3. The van der Waals surface area contributed by atoms with Gasteiger partial charge in [0.1, 0.15) is 0 Å². The van der Waals surface area contributed by atoms with E-state index in [9.17, 15) is 9.90 Å². The monoisotopic (exact) mass is 323 g/mol. The molecule has 1 unspecified atom stereocenters. The number of hydrogen-bond acceptors (Lipinski definition) is 3. The molecule has 2 N–H and O–H groups in total. The lowest BCUT2D eigenvalue weighted by molar-refractivity contribution is 0.205. The van der Waals surface area contributed by atoms with E-state index >= 15 is 0 Å². The van der Waals surface area contributed by atoms with Crippen molar-refractivity contribution in [2.75, 3.05) is 18.5 Å². The average molecular weight is 323 g/mol. The summed E-state index contributed by atoms with van der Waals surface area (Å²) in [5, 5.41) is 14.9. The van der Waals surface area contributed by atoms with Crippen molar-refractivity contribution in [3.63, 3.8) is 0 Å². The van der Waals surface area contributed by atoms with Crippen LogP contribution in [0.3, 0.4) is 0 Å². The Morgan fingerprint density at radius 1 is 1.25 bits per heavy atom. The predicted molar refractivity (Wildman–Crippen MR) is 95.4 cm³/mol.